The lowest BCUT2D eigenvalue weighted by Crippen LogP contribution is -2.04. The van der Waals surface area contributed by atoms with Crippen molar-refractivity contribution >= 4 is 22.4 Å². The summed E-state index contributed by atoms with van der Waals surface area (Å²) in [7, 11) is 0. The normalized spacial score (nSPS) is 11.4. The van der Waals surface area contributed by atoms with Crippen LogP contribution in [-0.4, -0.2) is 19.6 Å². The number of benzene rings is 1. The van der Waals surface area contributed by atoms with Crippen molar-refractivity contribution < 1.29 is 4.42 Å². The Balaban J connectivity index is 1.53. The first-order valence-electron chi connectivity index (χ1n) is 8.05. The number of aromatic amines is 1. The lowest BCUT2D eigenvalue weighted by molar-refractivity contribution is 0.517. The molecule has 4 heterocycles. The van der Waals surface area contributed by atoms with Gasteiger partial charge in [0.2, 0.25) is 0 Å². The van der Waals surface area contributed by atoms with Crippen molar-refractivity contribution in [3.63, 3.8) is 0 Å². The fourth-order valence-electron chi connectivity index (χ4n) is 2.97. The third kappa shape index (κ3) is 2.44. The largest absolute Gasteiger partial charge is 0.467 e. The van der Waals surface area contributed by atoms with Crippen LogP contribution < -0.4 is 5.32 Å². The summed E-state index contributed by atoms with van der Waals surface area (Å²) in [6, 6.07) is 16.0. The van der Waals surface area contributed by atoms with Crippen molar-refractivity contribution in [1.29, 1.82) is 0 Å². The standard InChI is InChI=1S/C19H15N5O/c1-2-15(25-9-1)11-21-18-5-6-19-22-12-17(24(19)23-18)14-3-4-16-13(10-14)7-8-20-16/h1-10,12,20H,11H2,(H,21,23). The van der Waals surface area contributed by atoms with Crippen molar-refractivity contribution in [1.82, 2.24) is 19.6 Å². The zero-order valence-electron chi connectivity index (χ0n) is 13.3. The Hall–Kier alpha value is -3.54. The first kappa shape index (κ1) is 13.9. The molecule has 0 bridgehead atoms. The average molecular weight is 329 g/mol. The molecule has 0 unspecified atom stereocenters. The monoisotopic (exact) mass is 329 g/mol. The quantitative estimate of drug-likeness (QED) is 0.521. The molecule has 2 N–H and O–H groups in total. The van der Waals surface area contributed by atoms with Gasteiger partial charge in [-0.05, 0) is 42.5 Å². The van der Waals surface area contributed by atoms with Crippen LogP contribution in [0, 0.1) is 0 Å². The molecule has 5 rings (SSSR count). The van der Waals surface area contributed by atoms with E-state index in [1.54, 1.807) is 6.26 Å². The van der Waals surface area contributed by atoms with Crippen LogP contribution in [0.3, 0.4) is 0 Å². The van der Waals surface area contributed by atoms with Gasteiger partial charge in [0, 0.05) is 22.7 Å². The molecule has 0 aliphatic rings. The Morgan fingerprint density at radius 1 is 1.12 bits per heavy atom. The lowest BCUT2D eigenvalue weighted by Gasteiger charge is -2.06. The lowest BCUT2D eigenvalue weighted by atomic mass is 10.1. The van der Waals surface area contributed by atoms with Gasteiger partial charge in [-0.25, -0.2) is 9.50 Å². The molecule has 4 aromatic heterocycles. The Bertz CT molecular complexity index is 1150. The number of hydrogen-bond donors (Lipinski definition) is 2. The van der Waals surface area contributed by atoms with E-state index in [4.69, 9.17) is 4.42 Å². The highest BCUT2D eigenvalue weighted by Gasteiger charge is 2.09. The van der Waals surface area contributed by atoms with Gasteiger partial charge in [0.15, 0.2) is 5.65 Å². The number of rotatable bonds is 4. The molecule has 0 radical (unpaired) electrons. The van der Waals surface area contributed by atoms with Gasteiger partial charge in [-0.15, -0.1) is 5.10 Å². The van der Waals surface area contributed by atoms with Crippen LogP contribution in [0.1, 0.15) is 5.76 Å². The minimum Gasteiger partial charge on any atom is -0.467 e. The topological polar surface area (TPSA) is 71.2 Å². The highest BCUT2D eigenvalue weighted by molar-refractivity contribution is 5.84. The summed E-state index contributed by atoms with van der Waals surface area (Å²) in [6.45, 7) is 0.588. The van der Waals surface area contributed by atoms with Crippen LogP contribution in [0.4, 0.5) is 5.82 Å². The molecule has 0 amide bonds. The number of imidazole rings is 1. The number of fused-ring (bicyclic) bond motifs is 2. The molecule has 122 valence electrons. The Morgan fingerprint density at radius 2 is 2.12 bits per heavy atom. The molecule has 5 aromatic rings. The first-order chi connectivity index (χ1) is 12.4. The van der Waals surface area contributed by atoms with Gasteiger partial charge in [0.25, 0.3) is 0 Å². The second-order valence-electron chi connectivity index (χ2n) is 5.84. The minimum absolute atomic E-state index is 0.588. The van der Waals surface area contributed by atoms with Crippen LogP contribution >= 0.6 is 0 Å². The minimum atomic E-state index is 0.588. The maximum Gasteiger partial charge on any atom is 0.154 e. The van der Waals surface area contributed by atoms with Crippen molar-refractivity contribution in [2.45, 2.75) is 6.54 Å². The molecule has 1 aromatic carbocycles. The van der Waals surface area contributed by atoms with Crippen LogP contribution in [0.5, 0.6) is 0 Å². The number of H-pyrrole nitrogens is 1. The third-order valence-corrected chi connectivity index (χ3v) is 4.24. The highest BCUT2D eigenvalue weighted by atomic mass is 16.3. The summed E-state index contributed by atoms with van der Waals surface area (Å²) in [5.41, 5.74) is 3.97. The smallest absolute Gasteiger partial charge is 0.154 e. The van der Waals surface area contributed by atoms with E-state index in [0.29, 0.717) is 6.54 Å². The summed E-state index contributed by atoms with van der Waals surface area (Å²) >= 11 is 0. The molecule has 0 spiro atoms. The van der Waals surface area contributed by atoms with Crippen molar-refractivity contribution in [3.8, 4) is 11.3 Å². The van der Waals surface area contributed by atoms with Crippen molar-refractivity contribution in [2.24, 2.45) is 0 Å². The number of hydrogen-bond acceptors (Lipinski definition) is 4. The zero-order valence-corrected chi connectivity index (χ0v) is 13.3. The van der Waals surface area contributed by atoms with Crippen molar-refractivity contribution in [3.05, 3.63) is 72.9 Å². The van der Waals surface area contributed by atoms with E-state index in [-0.39, 0.29) is 0 Å². The molecule has 0 atom stereocenters. The number of anilines is 1. The first-order valence-corrected chi connectivity index (χ1v) is 8.05. The molecule has 6 heteroatoms. The van der Waals surface area contributed by atoms with E-state index in [1.807, 2.05) is 41.2 Å². The van der Waals surface area contributed by atoms with E-state index in [1.165, 1.54) is 5.39 Å². The van der Waals surface area contributed by atoms with Gasteiger partial charge >= 0.3 is 0 Å². The summed E-state index contributed by atoms with van der Waals surface area (Å²) in [4.78, 5) is 7.67. The molecule has 0 saturated heterocycles. The summed E-state index contributed by atoms with van der Waals surface area (Å²) in [6.07, 6.45) is 5.46. The number of furan rings is 1. The molecule has 0 aliphatic heterocycles. The average Bonchev–Trinajstić information content (AvgIpc) is 3.38. The van der Waals surface area contributed by atoms with Crippen molar-refractivity contribution in [2.75, 3.05) is 5.32 Å². The second-order valence-corrected chi connectivity index (χ2v) is 5.84. The third-order valence-electron chi connectivity index (χ3n) is 4.24. The second kappa shape index (κ2) is 5.52. The molecule has 25 heavy (non-hydrogen) atoms. The van der Waals surface area contributed by atoms with E-state index < -0.39 is 0 Å². The van der Waals surface area contributed by atoms with Gasteiger partial charge in [0.1, 0.15) is 11.6 Å². The van der Waals surface area contributed by atoms with E-state index >= 15 is 0 Å². The van der Waals surface area contributed by atoms with Crippen LogP contribution in [0.25, 0.3) is 27.8 Å². The van der Waals surface area contributed by atoms with Gasteiger partial charge in [-0.1, -0.05) is 6.07 Å². The maximum absolute atomic E-state index is 5.34. The Kier molecular flexibility index (Phi) is 3.06. The SMILES string of the molecule is c1coc(CNc2ccc3ncc(-c4ccc5[nH]ccc5c4)n3n2)c1. The summed E-state index contributed by atoms with van der Waals surface area (Å²) in [5.74, 6) is 1.64. The molecule has 0 saturated carbocycles. The van der Waals surface area contributed by atoms with Crippen LogP contribution in [0.15, 0.2) is 71.6 Å². The number of nitrogens with one attached hydrogen (secondary N) is 2. The summed E-state index contributed by atoms with van der Waals surface area (Å²) < 4.78 is 7.20. The molecule has 6 nitrogen and oxygen atoms in total. The molecule has 0 aliphatic carbocycles. The maximum atomic E-state index is 5.34. The number of aromatic nitrogens is 4. The van der Waals surface area contributed by atoms with E-state index in [2.05, 4.69) is 44.6 Å². The highest BCUT2D eigenvalue weighted by Crippen LogP contribution is 2.24. The fraction of sp³-hybridized carbons (Fsp3) is 0.0526. The van der Waals surface area contributed by atoms with E-state index in [0.717, 1.165) is 34.0 Å². The molecular weight excluding hydrogens is 314 g/mol. The Morgan fingerprint density at radius 3 is 3.04 bits per heavy atom. The van der Waals surface area contributed by atoms with Gasteiger partial charge in [0.05, 0.1) is 24.7 Å². The summed E-state index contributed by atoms with van der Waals surface area (Å²) in [5, 5.41) is 9.11. The van der Waals surface area contributed by atoms with Gasteiger partial charge < -0.3 is 14.7 Å². The Labute approximate surface area is 143 Å². The van der Waals surface area contributed by atoms with E-state index in [9.17, 15) is 0 Å². The zero-order chi connectivity index (χ0) is 16.6. The predicted molar refractivity (Wildman–Crippen MR) is 96.3 cm³/mol. The van der Waals surface area contributed by atoms with Crippen LogP contribution in [-0.2, 0) is 6.54 Å². The molecular formula is C19H15N5O. The molecule has 0 fully saturated rings. The van der Waals surface area contributed by atoms with Gasteiger partial charge in [-0.3, -0.25) is 0 Å². The predicted octanol–water partition coefficient (Wildman–Crippen LogP) is 4.08. The number of nitrogens with zero attached hydrogens (tertiary/aromatic N) is 3. The fourth-order valence-corrected chi connectivity index (χ4v) is 2.97. The van der Waals surface area contributed by atoms with Gasteiger partial charge in [-0.2, -0.15) is 0 Å². The van der Waals surface area contributed by atoms with Crippen LogP contribution in [0.2, 0.25) is 0 Å².